The van der Waals surface area contributed by atoms with Crippen LogP contribution in [0.3, 0.4) is 0 Å². The molecule has 1 unspecified atom stereocenters. The van der Waals surface area contributed by atoms with Crippen LogP contribution in [0.2, 0.25) is 0 Å². The Morgan fingerprint density at radius 2 is 1.94 bits per heavy atom. The topological polar surface area (TPSA) is 21.3 Å². The molecule has 2 heterocycles. The van der Waals surface area contributed by atoms with Crippen LogP contribution in [0.25, 0.3) is 0 Å². The summed E-state index contributed by atoms with van der Waals surface area (Å²) in [5.41, 5.74) is 2.84. The fourth-order valence-corrected chi connectivity index (χ4v) is 3.06. The molecule has 0 aromatic heterocycles. The molecule has 0 spiro atoms. The third kappa shape index (κ3) is 2.63. The van der Waals surface area contributed by atoms with E-state index in [1.54, 1.807) is 0 Å². The number of anilines is 1. The maximum Gasteiger partial charge on any atom is 0.0468 e. The van der Waals surface area contributed by atoms with Crippen molar-refractivity contribution in [2.75, 3.05) is 18.5 Å². The minimum atomic E-state index is 0.674. The summed E-state index contributed by atoms with van der Waals surface area (Å²) in [6.07, 6.45) is 6.34. The molecular weight excluding hydrogens is 210 g/mol. The molecule has 2 heteroatoms. The first-order valence-electron chi connectivity index (χ1n) is 6.84. The highest BCUT2D eigenvalue weighted by atomic mass is 16.5. The Hall–Kier alpha value is -1.02. The van der Waals surface area contributed by atoms with Gasteiger partial charge in [0.15, 0.2) is 0 Å². The van der Waals surface area contributed by atoms with Crippen molar-refractivity contribution in [2.45, 2.75) is 38.1 Å². The van der Waals surface area contributed by atoms with Gasteiger partial charge in [0.2, 0.25) is 0 Å². The van der Waals surface area contributed by atoms with Gasteiger partial charge in [-0.15, -0.1) is 0 Å². The summed E-state index contributed by atoms with van der Waals surface area (Å²) in [7, 11) is 0. The minimum absolute atomic E-state index is 0.674. The Balaban J connectivity index is 1.60. The van der Waals surface area contributed by atoms with Gasteiger partial charge in [0, 0.05) is 24.9 Å². The van der Waals surface area contributed by atoms with Gasteiger partial charge in [0.25, 0.3) is 0 Å². The van der Waals surface area contributed by atoms with Crippen LogP contribution in [0.4, 0.5) is 5.69 Å². The first-order valence-corrected chi connectivity index (χ1v) is 6.84. The lowest BCUT2D eigenvalue weighted by atomic mass is 9.88. The Morgan fingerprint density at radius 1 is 1.12 bits per heavy atom. The molecule has 1 fully saturated rings. The van der Waals surface area contributed by atoms with Crippen LogP contribution in [0, 0.1) is 5.92 Å². The van der Waals surface area contributed by atoms with Crippen LogP contribution in [0.5, 0.6) is 0 Å². The van der Waals surface area contributed by atoms with Gasteiger partial charge in [-0.2, -0.15) is 0 Å². The van der Waals surface area contributed by atoms with Crippen molar-refractivity contribution >= 4 is 5.69 Å². The smallest absolute Gasteiger partial charge is 0.0468 e. The van der Waals surface area contributed by atoms with Crippen LogP contribution in [0.15, 0.2) is 24.3 Å². The van der Waals surface area contributed by atoms with Crippen molar-refractivity contribution in [1.82, 2.24) is 0 Å². The van der Waals surface area contributed by atoms with E-state index in [9.17, 15) is 0 Å². The van der Waals surface area contributed by atoms with E-state index in [0.717, 1.165) is 19.1 Å². The quantitative estimate of drug-likeness (QED) is 0.843. The molecule has 0 bridgehead atoms. The first kappa shape index (κ1) is 11.1. The van der Waals surface area contributed by atoms with Crippen LogP contribution in [0.1, 0.15) is 31.2 Å². The average Bonchev–Trinajstić information content (AvgIpc) is 2.40. The number of benzene rings is 1. The fraction of sp³-hybridized carbons (Fsp3) is 0.600. The molecule has 1 aromatic rings. The van der Waals surface area contributed by atoms with E-state index in [1.807, 2.05) is 0 Å². The maximum atomic E-state index is 5.42. The van der Waals surface area contributed by atoms with Gasteiger partial charge in [-0.25, -0.2) is 0 Å². The molecule has 0 aliphatic carbocycles. The average molecular weight is 231 g/mol. The second kappa shape index (κ2) is 5.09. The minimum Gasteiger partial charge on any atom is -0.382 e. The summed E-state index contributed by atoms with van der Waals surface area (Å²) in [5, 5.41) is 3.70. The van der Waals surface area contributed by atoms with Crippen LogP contribution in [-0.4, -0.2) is 19.3 Å². The van der Waals surface area contributed by atoms with Crippen molar-refractivity contribution < 1.29 is 4.74 Å². The van der Waals surface area contributed by atoms with E-state index >= 15 is 0 Å². The lowest BCUT2D eigenvalue weighted by molar-refractivity contribution is 0.0621. The number of hydrogen-bond acceptors (Lipinski definition) is 2. The second-order valence-electron chi connectivity index (χ2n) is 5.33. The SMILES string of the molecule is c1ccc2c(c1)CCC(CC1CCOCC1)N2. The van der Waals surface area contributed by atoms with Gasteiger partial charge >= 0.3 is 0 Å². The fourth-order valence-electron chi connectivity index (χ4n) is 3.06. The Kier molecular flexibility index (Phi) is 3.32. The van der Waals surface area contributed by atoms with Gasteiger partial charge in [0.05, 0.1) is 0 Å². The van der Waals surface area contributed by atoms with E-state index in [1.165, 1.54) is 43.4 Å². The Bertz CT molecular complexity index is 371. The lowest BCUT2D eigenvalue weighted by Crippen LogP contribution is -2.29. The molecule has 2 aliphatic heterocycles. The lowest BCUT2D eigenvalue weighted by Gasteiger charge is -2.31. The van der Waals surface area contributed by atoms with Crippen molar-refractivity contribution in [2.24, 2.45) is 5.92 Å². The number of rotatable bonds is 2. The molecule has 0 radical (unpaired) electrons. The van der Waals surface area contributed by atoms with Gasteiger partial charge in [0.1, 0.15) is 0 Å². The molecule has 92 valence electrons. The number of hydrogen-bond donors (Lipinski definition) is 1. The van der Waals surface area contributed by atoms with E-state index in [2.05, 4.69) is 29.6 Å². The summed E-state index contributed by atoms with van der Waals surface area (Å²) in [5.74, 6) is 0.867. The maximum absolute atomic E-state index is 5.42. The van der Waals surface area contributed by atoms with E-state index in [4.69, 9.17) is 4.74 Å². The largest absolute Gasteiger partial charge is 0.382 e. The molecular formula is C15H21NO. The molecule has 0 saturated carbocycles. The standard InChI is InChI=1S/C15H21NO/c1-2-4-15-13(3-1)5-6-14(16-15)11-12-7-9-17-10-8-12/h1-4,12,14,16H,5-11H2. The van der Waals surface area contributed by atoms with Crippen molar-refractivity contribution in [1.29, 1.82) is 0 Å². The molecule has 2 aliphatic rings. The normalized spacial score (nSPS) is 25.1. The molecule has 1 N–H and O–H groups in total. The second-order valence-corrected chi connectivity index (χ2v) is 5.33. The monoisotopic (exact) mass is 231 g/mol. The van der Waals surface area contributed by atoms with Gasteiger partial charge in [-0.3, -0.25) is 0 Å². The third-order valence-corrected chi connectivity index (χ3v) is 4.10. The Labute approximate surface area is 103 Å². The first-order chi connectivity index (χ1) is 8.42. The number of fused-ring (bicyclic) bond motifs is 1. The molecule has 3 rings (SSSR count). The zero-order valence-electron chi connectivity index (χ0n) is 10.3. The highest BCUT2D eigenvalue weighted by Crippen LogP contribution is 2.29. The highest BCUT2D eigenvalue weighted by molar-refractivity contribution is 5.53. The number of para-hydroxylation sites is 1. The molecule has 1 saturated heterocycles. The van der Waals surface area contributed by atoms with Crippen LogP contribution in [-0.2, 0) is 11.2 Å². The summed E-state index contributed by atoms with van der Waals surface area (Å²) in [6.45, 7) is 1.93. The Morgan fingerprint density at radius 3 is 2.82 bits per heavy atom. The summed E-state index contributed by atoms with van der Waals surface area (Å²) in [4.78, 5) is 0. The number of aryl methyl sites for hydroxylation is 1. The summed E-state index contributed by atoms with van der Waals surface area (Å²) in [6, 6.07) is 9.40. The van der Waals surface area contributed by atoms with Crippen LogP contribution >= 0.6 is 0 Å². The zero-order valence-corrected chi connectivity index (χ0v) is 10.3. The predicted molar refractivity (Wildman–Crippen MR) is 70.3 cm³/mol. The highest BCUT2D eigenvalue weighted by Gasteiger charge is 2.22. The van der Waals surface area contributed by atoms with Crippen molar-refractivity contribution in [3.05, 3.63) is 29.8 Å². The molecule has 1 atom stereocenters. The molecule has 2 nitrogen and oxygen atoms in total. The third-order valence-electron chi connectivity index (χ3n) is 4.10. The number of nitrogens with one attached hydrogen (secondary N) is 1. The predicted octanol–water partition coefficient (Wildman–Crippen LogP) is 3.23. The zero-order chi connectivity index (χ0) is 11.5. The van der Waals surface area contributed by atoms with Crippen molar-refractivity contribution in [3.63, 3.8) is 0 Å². The van der Waals surface area contributed by atoms with E-state index in [0.29, 0.717) is 6.04 Å². The summed E-state index contributed by atoms with van der Waals surface area (Å²) < 4.78 is 5.42. The van der Waals surface area contributed by atoms with Crippen molar-refractivity contribution in [3.8, 4) is 0 Å². The molecule has 1 aromatic carbocycles. The van der Waals surface area contributed by atoms with Gasteiger partial charge in [-0.05, 0) is 49.7 Å². The van der Waals surface area contributed by atoms with Gasteiger partial charge in [-0.1, -0.05) is 18.2 Å². The van der Waals surface area contributed by atoms with E-state index in [-0.39, 0.29) is 0 Å². The van der Waals surface area contributed by atoms with Gasteiger partial charge < -0.3 is 10.1 Å². The summed E-state index contributed by atoms with van der Waals surface area (Å²) >= 11 is 0. The molecule has 17 heavy (non-hydrogen) atoms. The number of ether oxygens (including phenoxy) is 1. The van der Waals surface area contributed by atoms with E-state index < -0.39 is 0 Å². The molecule has 0 amide bonds. The van der Waals surface area contributed by atoms with Crippen LogP contribution < -0.4 is 5.32 Å².